The predicted octanol–water partition coefficient (Wildman–Crippen LogP) is 2.90. The van der Waals surface area contributed by atoms with Crippen LogP contribution in [-0.2, 0) is 15.9 Å². The molecule has 0 bridgehead atoms. The third kappa shape index (κ3) is 4.33. The minimum Gasteiger partial charge on any atom is -0.505 e. The van der Waals surface area contributed by atoms with Gasteiger partial charge in [-0.2, -0.15) is 0 Å². The molecule has 1 aliphatic heterocycles. The smallest absolute Gasteiger partial charge is 0.167 e. The predicted molar refractivity (Wildman–Crippen MR) is 113 cm³/mol. The molecule has 1 aromatic rings. The summed E-state index contributed by atoms with van der Waals surface area (Å²) in [5, 5.41) is 9.98. The average Bonchev–Trinajstić information content (AvgIpc) is 2.73. The number of nitrogens with zero attached hydrogens (tertiary/aromatic N) is 1. The number of hydrogen-bond donors (Lipinski definition) is 1. The molecule has 3 rings (SSSR count). The van der Waals surface area contributed by atoms with Gasteiger partial charge in [0.05, 0.1) is 6.04 Å². The lowest BCUT2D eigenvalue weighted by atomic mass is 9.80. The molecular weight excluding hydrogens is 356 g/mol. The Balaban J connectivity index is 1.88. The lowest BCUT2D eigenvalue weighted by Crippen LogP contribution is -2.37. The molecule has 0 radical (unpaired) electrons. The van der Waals surface area contributed by atoms with Gasteiger partial charge in [-0.1, -0.05) is 25.3 Å². The topological polar surface area (TPSA) is 51.0 Å². The van der Waals surface area contributed by atoms with Gasteiger partial charge in [0.15, 0.2) is 5.82 Å². The van der Waals surface area contributed by atoms with E-state index in [0.717, 1.165) is 16.8 Å². The number of halogens is 1. The fourth-order valence-corrected chi connectivity index (χ4v) is 4.49. The zero-order valence-corrected chi connectivity index (χ0v) is 17.4. The van der Waals surface area contributed by atoms with Gasteiger partial charge in [-0.05, 0) is 60.8 Å². The molecule has 2 aliphatic rings. The van der Waals surface area contributed by atoms with E-state index in [1.807, 2.05) is 13.0 Å². The number of rotatable bonds is 6. The number of methoxy groups -OCH3 is 1. The molecule has 0 spiro atoms. The number of phenols is 1. The molecule has 1 N–H and O–H groups in total. The number of allylic oxidation sites excluding steroid dienone is 1. The van der Waals surface area contributed by atoms with Crippen molar-refractivity contribution in [2.75, 3.05) is 13.9 Å². The highest BCUT2D eigenvalue weighted by Crippen LogP contribution is 2.33. The first-order valence-electron chi connectivity index (χ1n) is 10.3. The van der Waals surface area contributed by atoms with Crippen LogP contribution in [0.25, 0.3) is 0 Å². The monoisotopic (exact) mass is 387 g/mol. The van der Waals surface area contributed by atoms with E-state index in [-0.39, 0.29) is 24.7 Å². The number of benzene rings is 1. The van der Waals surface area contributed by atoms with Crippen molar-refractivity contribution >= 4 is 19.0 Å². The number of aromatic hydroxyl groups is 1. The summed E-state index contributed by atoms with van der Waals surface area (Å²) < 4.78 is 25.4. The van der Waals surface area contributed by atoms with E-state index in [2.05, 4.69) is 6.08 Å². The molecule has 1 aromatic carbocycles. The third-order valence-corrected chi connectivity index (χ3v) is 6.36. The van der Waals surface area contributed by atoms with Crippen molar-refractivity contribution in [1.82, 2.24) is 0 Å². The molecule has 2 atom stereocenters. The average molecular weight is 387 g/mol. The SMILES string of the molecule is Bc1c(C)c(CC2=NC(C3CCCCC3)C(OCOC)C=C2)c(C)c(F)c1O. The summed E-state index contributed by atoms with van der Waals surface area (Å²) in [5.41, 5.74) is 3.89. The van der Waals surface area contributed by atoms with Crippen LogP contribution < -0.4 is 5.46 Å². The van der Waals surface area contributed by atoms with Crippen LogP contribution >= 0.6 is 0 Å². The van der Waals surface area contributed by atoms with Crippen molar-refractivity contribution < 1.29 is 19.0 Å². The molecule has 2 unspecified atom stereocenters. The Bertz CT molecular complexity index is 743. The van der Waals surface area contributed by atoms with E-state index in [1.165, 1.54) is 32.1 Å². The molecule has 1 fully saturated rings. The molecule has 1 heterocycles. The summed E-state index contributed by atoms with van der Waals surface area (Å²) >= 11 is 0. The van der Waals surface area contributed by atoms with Crippen molar-refractivity contribution in [2.45, 2.75) is 64.5 Å². The number of hydrogen-bond acceptors (Lipinski definition) is 4. The van der Waals surface area contributed by atoms with Crippen LogP contribution in [0.15, 0.2) is 17.1 Å². The Labute approximate surface area is 168 Å². The molecule has 0 saturated heterocycles. The highest BCUT2D eigenvalue weighted by molar-refractivity contribution is 6.35. The van der Waals surface area contributed by atoms with Crippen LogP contribution in [0.3, 0.4) is 0 Å². The van der Waals surface area contributed by atoms with Gasteiger partial charge in [-0.15, -0.1) is 0 Å². The zero-order valence-electron chi connectivity index (χ0n) is 17.4. The Hall–Kier alpha value is -1.66. The molecule has 1 saturated carbocycles. The Kier molecular flexibility index (Phi) is 6.94. The van der Waals surface area contributed by atoms with Gasteiger partial charge in [0.2, 0.25) is 0 Å². The van der Waals surface area contributed by atoms with Gasteiger partial charge >= 0.3 is 0 Å². The van der Waals surface area contributed by atoms with Gasteiger partial charge in [0.1, 0.15) is 26.5 Å². The molecule has 152 valence electrons. The maximum Gasteiger partial charge on any atom is 0.167 e. The number of dihydropyridines is 1. The number of ether oxygens (including phenoxy) is 2. The van der Waals surface area contributed by atoms with E-state index in [1.54, 1.807) is 21.9 Å². The highest BCUT2D eigenvalue weighted by atomic mass is 19.1. The minimum atomic E-state index is -0.524. The van der Waals surface area contributed by atoms with Gasteiger partial charge in [0.25, 0.3) is 0 Å². The molecule has 28 heavy (non-hydrogen) atoms. The first-order chi connectivity index (χ1) is 13.4. The lowest BCUT2D eigenvalue weighted by molar-refractivity contribution is -0.0691. The van der Waals surface area contributed by atoms with Gasteiger partial charge < -0.3 is 14.6 Å². The Morgan fingerprint density at radius 1 is 1.21 bits per heavy atom. The van der Waals surface area contributed by atoms with Crippen LogP contribution in [0.1, 0.15) is 48.8 Å². The summed E-state index contributed by atoms with van der Waals surface area (Å²) in [5.74, 6) is -0.257. The highest BCUT2D eigenvalue weighted by Gasteiger charge is 2.32. The van der Waals surface area contributed by atoms with Crippen LogP contribution in [-0.4, -0.2) is 44.7 Å². The quantitative estimate of drug-likeness (QED) is 0.603. The Morgan fingerprint density at radius 2 is 1.93 bits per heavy atom. The van der Waals surface area contributed by atoms with Crippen molar-refractivity contribution in [3.8, 4) is 5.75 Å². The minimum absolute atomic E-state index is 0.0766. The Morgan fingerprint density at radius 3 is 2.61 bits per heavy atom. The molecule has 1 aliphatic carbocycles. The maximum atomic E-state index is 14.4. The second kappa shape index (κ2) is 9.23. The van der Waals surface area contributed by atoms with E-state index in [0.29, 0.717) is 23.4 Å². The van der Waals surface area contributed by atoms with Crippen LogP contribution in [0.5, 0.6) is 5.75 Å². The van der Waals surface area contributed by atoms with E-state index >= 15 is 0 Å². The van der Waals surface area contributed by atoms with E-state index < -0.39 is 5.82 Å². The van der Waals surface area contributed by atoms with Gasteiger partial charge in [-0.25, -0.2) is 4.39 Å². The normalized spacial score (nSPS) is 23.1. The zero-order chi connectivity index (χ0) is 20.3. The molecule has 0 aromatic heterocycles. The van der Waals surface area contributed by atoms with Crippen molar-refractivity contribution in [3.05, 3.63) is 34.7 Å². The van der Waals surface area contributed by atoms with Crippen molar-refractivity contribution in [2.24, 2.45) is 10.9 Å². The summed E-state index contributed by atoms with van der Waals surface area (Å²) in [4.78, 5) is 5.06. The fourth-order valence-electron chi connectivity index (χ4n) is 4.49. The standard InChI is InChI=1S/C22H31BFNO3/c1-13-17(14(2)20(24)22(26)19(13)23)11-16-9-10-18(28-12-27-3)21(25-16)15-7-5-4-6-8-15/h9-10,15,18,21,26H,4-8,11-12,23H2,1-3H3. The molecule has 0 amide bonds. The second-order valence-electron chi connectivity index (χ2n) is 8.10. The van der Waals surface area contributed by atoms with E-state index in [4.69, 9.17) is 14.5 Å². The third-order valence-electron chi connectivity index (χ3n) is 6.36. The first kappa shape index (κ1) is 21.1. The summed E-state index contributed by atoms with van der Waals surface area (Å²) in [6, 6.07) is 0.0825. The number of phenolic OH excluding ortho intramolecular Hbond substituents is 1. The molecule has 6 heteroatoms. The van der Waals surface area contributed by atoms with Gasteiger partial charge in [-0.3, -0.25) is 4.99 Å². The van der Waals surface area contributed by atoms with Gasteiger partial charge in [0, 0.05) is 19.2 Å². The second-order valence-corrected chi connectivity index (χ2v) is 8.10. The van der Waals surface area contributed by atoms with Crippen LogP contribution in [0.2, 0.25) is 0 Å². The summed E-state index contributed by atoms with van der Waals surface area (Å²) in [6.07, 6.45) is 10.7. The van der Waals surface area contributed by atoms with Crippen molar-refractivity contribution in [1.29, 1.82) is 0 Å². The lowest BCUT2D eigenvalue weighted by Gasteiger charge is -2.34. The first-order valence-corrected chi connectivity index (χ1v) is 10.3. The molecule has 4 nitrogen and oxygen atoms in total. The van der Waals surface area contributed by atoms with Crippen LogP contribution in [0.4, 0.5) is 4.39 Å². The van der Waals surface area contributed by atoms with Crippen molar-refractivity contribution in [3.63, 3.8) is 0 Å². The molecular formula is C22H31BFNO3. The number of aliphatic imine (C=N–C) groups is 1. The van der Waals surface area contributed by atoms with E-state index in [9.17, 15) is 9.50 Å². The van der Waals surface area contributed by atoms with Crippen LogP contribution in [0, 0.1) is 25.6 Å². The fraction of sp³-hybridized carbons (Fsp3) is 0.591. The summed E-state index contributed by atoms with van der Waals surface area (Å²) in [6.45, 7) is 3.92. The largest absolute Gasteiger partial charge is 0.505 e. The maximum absolute atomic E-state index is 14.4. The summed E-state index contributed by atoms with van der Waals surface area (Å²) in [7, 11) is 3.39.